The smallest absolute Gasteiger partial charge is 0.171 e. The Hall–Kier alpha value is -5.63. The molecule has 0 atom stereocenters. The Morgan fingerprint density at radius 3 is 1.59 bits per heavy atom. The van der Waals surface area contributed by atoms with Gasteiger partial charge in [-0.3, -0.25) is 4.98 Å². The molecule has 0 saturated carbocycles. The molecule has 46 heavy (non-hydrogen) atoms. The van der Waals surface area contributed by atoms with Crippen LogP contribution in [0.15, 0.2) is 164 Å². The van der Waals surface area contributed by atoms with Crippen molar-refractivity contribution in [2.24, 2.45) is 0 Å². The van der Waals surface area contributed by atoms with Gasteiger partial charge in [0.05, 0.1) is 16.7 Å². The summed E-state index contributed by atoms with van der Waals surface area (Å²) in [6.07, 6.45) is 1.85. The molecule has 4 heteroatoms. The van der Waals surface area contributed by atoms with Gasteiger partial charge in [0, 0.05) is 54.6 Å². The van der Waals surface area contributed by atoms with Crippen molar-refractivity contribution in [1.29, 1.82) is 0 Å². The fourth-order valence-corrected chi connectivity index (χ4v) is 9.98. The van der Waals surface area contributed by atoms with Gasteiger partial charge in [0.25, 0.3) is 0 Å². The number of rotatable bonds is 4. The Kier molecular flexibility index (Phi) is 6.09. The van der Waals surface area contributed by atoms with Crippen LogP contribution in [0, 0.1) is 0 Å². The highest BCUT2D eigenvalue weighted by Gasteiger charge is 2.33. The molecule has 2 heterocycles. The van der Waals surface area contributed by atoms with Crippen LogP contribution in [0.4, 0.5) is 0 Å². The third-order valence-electron chi connectivity index (χ3n) is 9.13. The van der Waals surface area contributed by atoms with Crippen LogP contribution in [0.1, 0.15) is 0 Å². The Morgan fingerprint density at radius 2 is 0.935 bits per heavy atom. The lowest BCUT2D eigenvalue weighted by Gasteiger charge is -2.24. The number of aromatic nitrogens is 2. The topological polar surface area (TPSA) is 42.9 Å². The van der Waals surface area contributed by atoms with E-state index >= 15 is 4.57 Å². The van der Waals surface area contributed by atoms with Gasteiger partial charge >= 0.3 is 0 Å². The quantitative estimate of drug-likeness (QED) is 0.148. The van der Waals surface area contributed by atoms with Crippen LogP contribution in [-0.4, -0.2) is 9.97 Å². The van der Waals surface area contributed by atoms with Gasteiger partial charge in [0.1, 0.15) is 0 Å². The maximum absolute atomic E-state index is 15.9. The van der Waals surface area contributed by atoms with Gasteiger partial charge in [0.15, 0.2) is 7.14 Å². The normalized spacial score (nSPS) is 12.0. The first-order valence-corrected chi connectivity index (χ1v) is 17.2. The average molecular weight is 607 g/mol. The van der Waals surface area contributed by atoms with Crippen LogP contribution in [0.3, 0.4) is 0 Å². The number of hydrogen-bond acceptors (Lipinski definition) is 3. The molecule has 0 saturated heterocycles. The fourth-order valence-electron chi connectivity index (χ4n) is 7.11. The molecular formula is C42H27N2OP. The monoisotopic (exact) mass is 606 g/mol. The molecule has 0 N–H and O–H groups in total. The number of benzene rings is 7. The minimum atomic E-state index is -3.35. The number of fused-ring (bicyclic) bond motifs is 10. The van der Waals surface area contributed by atoms with E-state index in [1.165, 1.54) is 10.8 Å². The Labute approximate surface area is 266 Å². The first kappa shape index (κ1) is 26.7. The standard InChI is InChI=1S/C42H27N2OP/c45-46(29-17-6-2-7-18-29,30-19-8-3-9-20-30)37-27-36-39(41-35(37)25-14-26-43-41)38-33-23-12-10-21-31(33)32-22-11-13-24-34(32)42(38)44-40(36)28-15-4-1-5-16-28/h1-27H. The van der Waals surface area contributed by atoms with Gasteiger partial charge in [-0.1, -0.05) is 146 Å². The van der Waals surface area contributed by atoms with E-state index in [4.69, 9.17) is 9.97 Å². The van der Waals surface area contributed by atoms with E-state index in [9.17, 15) is 0 Å². The largest absolute Gasteiger partial charge is 0.309 e. The second-order valence-corrected chi connectivity index (χ2v) is 14.4. The first-order valence-electron chi connectivity index (χ1n) is 15.5. The lowest BCUT2D eigenvalue weighted by atomic mass is 9.91. The summed E-state index contributed by atoms with van der Waals surface area (Å²) in [5.41, 5.74) is 3.62. The van der Waals surface area contributed by atoms with Crippen molar-refractivity contribution in [3.05, 3.63) is 164 Å². The SMILES string of the molecule is O=P(c1ccccc1)(c1ccccc1)c1cc2c(-c3ccccc3)nc3c4ccccc4c4ccccc4c3c2c2ncccc12. The third-order valence-corrected chi connectivity index (χ3v) is 12.2. The van der Waals surface area contributed by atoms with Crippen LogP contribution in [0.5, 0.6) is 0 Å². The van der Waals surface area contributed by atoms with E-state index in [0.717, 1.165) is 70.5 Å². The van der Waals surface area contributed by atoms with Crippen molar-refractivity contribution in [1.82, 2.24) is 9.97 Å². The molecule has 0 amide bonds. The predicted molar refractivity (Wildman–Crippen MR) is 194 cm³/mol. The number of hydrogen-bond donors (Lipinski definition) is 0. The van der Waals surface area contributed by atoms with Crippen LogP contribution in [-0.2, 0) is 4.57 Å². The van der Waals surface area contributed by atoms with Crippen molar-refractivity contribution >= 4 is 77.2 Å². The van der Waals surface area contributed by atoms with E-state index in [1.807, 2.05) is 91.1 Å². The molecule has 9 aromatic rings. The zero-order chi connectivity index (χ0) is 30.7. The zero-order valence-corrected chi connectivity index (χ0v) is 25.7. The van der Waals surface area contributed by atoms with Gasteiger partial charge < -0.3 is 4.57 Å². The van der Waals surface area contributed by atoms with E-state index in [2.05, 4.69) is 72.8 Å². The van der Waals surface area contributed by atoms with Gasteiger partial charge in [-0.05, 0) is 28.3 Å². The predicted octanol–water partition coefficient (Wildman–Crippen LogP) is 9.55. The van der Waals surface area contributed by atoms with Crippen molar-refractivity contribution in [2.45, 2.75) is 0 Å². The van der Waals surface area contributed by atoms with Crippen molar-refractivity contribution in [3.8, 4) is 11.3 Å². The van der Waals surface area contributed by atoms with Crippen LogP contribution < -0.4 is 15.9 Å². The second-order valence-electron chi connectivity index (χ2n) is 11.6. The molecule has 0 aliphatic rings. The molecule has 216 valence electrons. The highest BCUT2D eigenvalue weighted by Crippen LogP contribution is 2.48. The van der Waals surface area contributed by atoms with Crippen molar-refractivity contribution < 1.29 is 4.57 Å². The molecule has 0 bridgehead atoms. The fraction of sp³-hybridized carbons (Fsp3) is 0. The lowest BCUT2D eigenvalue weighted by Crippen LogP contribution is -2.25. The number of pyridine rings is 2. The van der Waals surface area contributed by atoms with Crippen LogP contribution >= 0.6 is 7.14 Å². The third kappa shape index (κ3) is 3.89. The molecule has 0 unspecified atom stereocenters. The molecule has 0 radical (unpaired) electrons. The van der Waals surface area contributed by atoms with Gasteiger partial charge in [0.2, 0.25) is 0 Å². The van der Waals surface area contributed by atoms with Gasteiger partial charge in [-0.2, -0.15) is 0 Å². The van der Waals surface area contributed by atoms with Crippen LogP contribution in [0.25, 0.3) is 65.4 Å². The van der Waals surface area contributed by atoms with Crippen molar-refractivity contribution in [2.75, 3.05) is 0 Å². The molecule has 9 rings (SSSR count). The maximum atomic E-state index is 15.9. The highest BCUT2D eigenvalue weighted by atomic mass is 31.2. The summed E-state index contributed by atoms with van der Waals surface area (Å²) in [4.78, 5) is 10.6. The lowest BCUT2D eigenvalue weighted by molar-refractivity contribution is 0.592. The van der Waals surface area contributed by atoms with E-state index in [-0.39, 0.29) is 0 Å². The Balaban J connectivity index is 1.57. The van der Waals surface area contributed by atoms with Gasteiger partial charge in [-0.25, -0.2) is 4.98 Å². The second kappa shape index (κ2) is 10.5. The van der Waals surface area contributed by atoms with E-state index < -0.39 is 7.14 Å². The summed E-state index contributed by atoms with van der Waals surface area (Å²) in [7, 11) is -3.35. The highest BCUT2D eigenvalue weighted by molar-refractivity contribution is 7.85. The maximum Gasteiger partial charge on any atom is 0.171 e. The zero-order valence-electron chi connectivity index (χ0n) is 24.8. The summed E-state index contributed by atoms with van der Waals surface area (Å²) < 4.78 is 15.9. The number of nitrogens with zero attached hydrogens (tertiary/aromatic N) is 2. The Bertz CT molecular complexity index is 2610. The summed E-state index contributed by atoms with van der Waals surface area (Å²) >= 11 is 0. The molecule has 7 aromatic carbocycles. The van der Waals surface area contributed by atoms with E-state index in [0.29, 0.717) is 0 Å². The van der Waals surface area contributed by atoms with E-state index in [1.54, 1.807) is 0 Å². The Morgan fingerprint density at radius 1 is 0.435 bits per heavy atom. The molecule has 0 spiro atoms. The molecule has 2 aromatic heterocycles. The minimum absolute atomic E-state index is 0.768. The van der Waals surface area contributed by atoms with Crippen molar-refractivity contribution in [3.63, 3.8) is 0 Å². The molecule has 0 aliphatic heterocycles. The molecule has 3 nitrogen and oxygen atoms in total. The first-order chi connectivity index (χ1) is 22.7. The molecule has 0 fully saturated rings. The summed E-state index contributed by atoms with van der Waals surface area (Å²) in [5.74, 6) is 0. The molecule has 0 aliphatic carbocycles. The summed E-state index contributed by atoms with van der Waals surface area (Å²) in [6, 6.07) is 53.3. The summed E-state index contributed by atoms with van der Waals surface area (Å²) in [6.45, 7) is 0. The van der Waals surface area contributed by atoms with Gasteiger partial charge in [-0.15, -0.1) is 0 Å². The average Bonchev–Trinajstić information content (AvgIpc) is 3.14. The molecular weight excluding hydrogens is 579 g/mol. The summed E-state index contributed by atoms with van der Waals surface area (Å²) in [5, 5.41) is 10.8. The minimum Gasteiger partial charge on any atom is -0.309 e. The van der Waals surface area contributed by atoms with Crippen LogP contribution in [0.2, 0.25) is 0 Å².